The molecule has 3 aromatic carbocycles. The lowest BCUT2D eigenvalue weighted by molar-refractivity contribution is 0.0424. The van der Waals surface area contributed by atoms with Crippen molar-refractivity contribution in [2.45, 2.75) is 49.9 Å². The molecule has 184 valence electrons. The molecule has 1 aliphatic heterocycles. The van der Waals surface area contributed by atoms with Gasteiger partial charge in [-0.3, -0.25) is 0 Å². The summed E-state index contributed by atoms with van der Waals surface area (Å²) in [6, 6.07) is 23.4. The van der Waals surface area contributed by atoms with E-state index in [0.717, 1.165) is 11.1 Å². The van der Waals surface area contributed by atoms with Crippen molar-refractivity contribution in [2.75, 3.05) is 6.61 Å². The van der Waals surface area contributed by atoms with Crippen LogP contribution in [-0.2, 0) is 19.5 Å². The number of hydrogen-bond donors (Lipinski definition) is 1. The Hall–Kier alpha value is -3.03. The highest BCUT2D eigenvalue weighted by atomic mass is 32.2. The summed E-state index contributed by atoms with van der Waals surface area (Å²) < 4.78 is 50.8. The smallest absolute Gasteiger partial charge is 0.269 e. The number of nitrogens with zero attached hydrogens (tertiary/aromatic N) is 1. The van der Waals surface area contributed by atoms with Gasteiger partial charge in [0.05, 0.1) is 0 Å². The predicted octanol–water partition coefficient (Wildman–Crippen LogP) is 5.80. The van der Waals surface area contributed by atoms with Gasteiger partial charge in [0, 0.05) is 13.0 Å². The fourth-order valence-corrected chi connectivity index (χ4v) is 6.34. The summed E-state index contributed by atoms with van der Waals surface area (Å²) >= 11 is 0. The first kappa shape index (κ1) is 25.1. The van der Waals surface area contributed by atoms with Gasteiger partial charge in [0.2, 0.25) is 5.90 Å². The summed E-state index contributed by atoms with van der Waals surface area (Å²) in [4.78, 5) is 0. The van der Waals surface area contributed by atoms with Gasteiger partial charge in [0.25, 0.3) is 10.0 Å². The van der Waals surface area contributed by atoms with Crippen LogP contribution in [0.2, 0.25) is 0 Å². The summed E-state index contributed by atoms with van der Waals surface area (Å²) in [5, 5.41) is 9.55. The van der Waals surface area contributed by atoms with E-state index in [9.17, 15) is 17.9 Å². The molecule has 0 aliphatic carbocycles. The van der Waals surface area contributed by atoms with Crippen molar-refractivity contribution >= 4 is 15.9 Å². The maximum absolute atomic E-state index is 14.5. The second-order valence-electron chi connectivity index (χ2n) is 9.49. The third kappa shape index (κ3) is 4.62. The van der Waals surface area contributed by atoms with Gasteiger partial charge in [-0.2, -0.15) is 0 Å². The first-order valence-corrected chi connectivity index (χ1v) is 13.1. The Balaban J connectivity index is 1.74. The molecule has 1 unspecified atom stereocenters. The molecule has 35 heavy (non-hydrogen) atoms. The minimum atomic E-state index is -4.08. The molecule has 4 rings (SSSR count). The molecule has 0 saturated heterocycles. The molecule has 0 saturated carbocycles. The van der Waals surface area contributed by atoms with Crippen molar-refractivity contribution < 1.29 is 22.7 Å². The van der Waals surface area contributed by atoms with Crippen molar-refractivity contribution in [3.8, 4) is 11.1 Å². The van der Waals surface area contributed by atoms with Gasteiger partial charge in [-0.15, -0.1) is 4.40 Å². The number of hydrogen-bond acceptors (Lipinski definition) is 4. The Bertz CT molecular complexity index is 1340. The van der Waals surface area contributed by atoms with E-state index in [2.05, 4.69) is 4.40 Å². The molecule has 0 amide bonds. The Kier molecular flexibility index (Phi) is 6.84. The summed E-state index contributed by atoms with van der Waals surface area (Å²) in [5.41, 5.74) is 1.68. The maximum atomic E-state index is 14.5. The number of rotatable bonds is 7. The molecule has 1 aliphatic rings. The lowest BCUT2D eigenvalue weighted by atomic mass is 9.83. The van der Waals surface area contributed by atoms with Crippen LogP contribution < -0.4 is 0 Å². The molecular weight excluding hydrogens is 465 g/mol. The largest absolute Gasteiger partial charge is 0.472 e. The van der Waals surface area contributed by atoms with Gasteiger partial charge in [0.1, 0.15) is 11.4 Å². The van der Waals surface area contributed by atoms with Crippen LogP contribution >= 0.6 is 0 Å². The summed E-state index contributed by atoms with van der Waals surface area (Å²) in [5.74, 6) is -0.864. The molecule has 1 heterocycles. The van der Waals surface area contributed by atoms with E-state index in [1.165, 1.54) is 6.07 Å². The minimum Gasteiger partial charge on any atom is -0.472 e. The van der Waals surface area contributed by atoms with Crippen LogP contribution in [0.3, 0.4) is 0 Å². The topological polar surface area (TPSA) is 76.0 Å². The molecular formula is C28H30FNO4S. The number of aliphatic hydroxyl groups excluding tert-OH is 1. The van der Waals surface area contributed by atoms with E-state index in [-0.39, 0.29) is 25.3 Å². The van der Waals surface area contributed by atoms with Crippen LogP contribution in [0.5, 0.6) is 0 Å². The molecule has 0 aromatic heterocycles. The number of sulfonamides is 1. The highest BCUT2D eigenvalue weighted by Gasteiger charge is 2.58. The average Bonchev–Trinajstić information content (AvgIpc) is 2.83. The average molecular weight is 496 g/mol. The zero-order valence-electron chi connectivity index (χ0n) is 20.1. The van der Waals surface area contributed by atoms with Gasteiger partial charge in [0.15, 0.2) is 4.75 Å². The molecule has 0 fully saturated rings. The third-order valence-electron chi connectivity index (χ3n) is 7.02. The second-order valence-corrected chi connectivity index (χ2v) is 11.4. The lowest BCUT2D eigenvalue weighted by Crippen LogP contribution is -2.56. The van der Waals surface area contributed by atoms with Gasteiger partial charge >= 0.3 is 0 Å². The number of halogens is 1. The van der Waals surface area contributed by atoms with Crippen LogP contribution in [0.15, 0.2) is 83.3 Å². The molecule has 1 N–H and O–H groups in total. The van der Waals surface area contributed by atoms with Crippen molar-refractivity contribution in [3.05, 3.63) is 95.8 Å². The zero-order chi connectivity index (χ0) is 25.3. The van der Waals surface area contributed by atoms with Crippen LogP contribution in [0, 0.1) is 5.82 Å². The minimum absolute atomic E-state index is 0.0217. The fraction of sp³-hybridized carbons (Fsp3) is 0.321. The monoisotopic (exact) mass is 495 g/mol. The maximum Gasteiger partial charge on any atom is 0.269 e. The SMILES string of the molecule is CC1(C)OC(C[C@@H](CCO)c2ccccc2F)=NS(=O)(=O)C1(C)c1cccc(-c2ccccc2)c1. The fourth-order valence-electron chi connectivity index (χ4n) is 4.69. The van der Waals surface area contributed by atoms with Gasteiger partial charge in [-0.25, -0.2) is 12.8 Å². The highest BCUT2D eigenvalue weighted by molar-refractivity contribution is 7.91. The molecule has 0 spiro atoms. The molecule has 0 radical (unpaired) electrons. The van der Waals surface area contributed by atoms with E-state index in [1.807, 2.05) is 48.5 Å². The van der Waals surface area contributed by atoms with Crippen molar-refractivity contribution in [1.29, 1.82) is 0 Å². The van der Waals surface area contributed by atoms with Crippen molar-refractivity contribution in [1.82, 2.24) is 0 Å². The Morgan fingerprint density at radius 2 is 1.60 bits per heavy atom. The van der Waals surface area contributed by atoms with Gasteiger partial charge < -0.3 is 9.84 Å². The predicted molar refractivity (Wildman–Crippen MR) is 136 cm³/mol. The van der Waals surface area contributed by atoms with Crippen LogP contribution in [0.1, 0.15) is 50.7 Å². The molecule has 3 aromatic rings. The third-order valence-corrected chi connectivity index (χ3v) is 9.23. The van der Waals surface area contributed by atoms with E-state index in [1.54, 1.807) is 45.0 Å². The van der Waals surface area contributed by atoms with Crippen molar-refractivity contribution in [3.63, 3.8) is 0 Å². The number of ether oxygens (including phenoxy) is 1. The van der Waals surface area contributed by atoms with E-state index in [4.69, 9.17) is 4.74 Å². The van der Waals surface area contributed by atoms with Gasteiger partial charge in [-0.1, -0.05) is 66.7 Å². The molecule has 0 bridgehead atoms. The van der Waals surface area contributed by atoms with Crippen LogP contribution in [0.25, 0.3) is 11.1 Å². The number of benzene rings is 3. The van der Waals surface area contributed by atoms with Crippen LogP contribution in [-0.4, -0.2) is 31.6 Å². The first-order valence-electron chi connectivity index (χ1n) is 11.6. The number of aliphatic hydroxyl groups is 1. The first-order chi connectivity index (χ1) is 16.6. The quantitative estimate of drug-likeness (QED) is 0.449. The lowest BCUT2D eigenvalue weighted by Gasteiger charge is -2.45. The zero-order valence-corrected chi connectivity index (χ0v) is 20.9. The van der Waals surface area contributed by atoms with Gasteiger partial charge in [-0.05, 0) is 67.5 Å². The highest BCUT2D eigenvalue weighted by Crippen LogP contribution is 2.47. The van der Waals surface area contributed by atoms with E-state index >= 15 is 0 Å². The Labute approximate surface area is 206 Å². The van der Waals surface area contributed by atoms with E-state index in [0.29, 0.717) is 11.1 Å². The molecule has 7 heteroatoms. The van der Waals surface area contributed by atoms with E-state index < -0.39 is 32.1 Å². The summed E-state index contributed by atoms with van der Waals surface area (Å²) in [7, 11) is -4.08. The summed E-state index contributed by atoms with van der Waals surface area (Å²) in [6.07, 6.45) is 0.310. The standard InChI is InChI=1S/C28H30FNO4S/c1-27(2)28(3,23-13-9-12-21(18-23)20-10-5-4-6-11-20)35(32,33)30-26(34-27)19-22(16-17-31)24-14-7-8-15-25(24)29/h4-15,18,22,31H,16-17,19H2,1-3H3/t22-,28?/m1/s1. The second kappa shape index (κ2) is 9.55. The Morgan fingerprint density at radius 3 is 2.26 bits per heavy atom. The Morgan fingerprint density at radius 1 is 0.943 bits per heavy atom. The van der Waals surface area contributed by atoms with Crippen LogP contribution in [0.4, 0.5) is 4.39 Å². The molecule has 2 atom stereocenters. The normalized spacial score (nSPS) is 21.6. The summed E-state index contributed by atoms with van der Waals surface area (Å²) in [6.45, 7) is 4.93. The van der Waals surface area contributed by atoms with Crippen molar-refractivity contribution in [2.24, 2.45) is 4.40 Å². The molecule has 5 nitrogen and oxygen atoms in total.